The van der Waals surface area contributed by atoms with Crippen molar-refractivity contribution in [3.63, 3.8) is 0 Å². The van der Waals surface area contributed by atoms with Gasteiger partial charge in [-0.05, 0) is 80.4 Å². The van der Waals surface area contributed by atoms with E-state index in [-0.39, 0.29) is 24.4 Å². The van der Waals surface area contributed by atoms with Gasteiger partial charge < -0.3 is 15.0 Å². The van der Waals surface area contributed by atoms with Crippen LogP contribution in [0.1, 0.15) is 101 Å². The molecule has 1 amide bonds. The first-order chi connectivity index (χ1) is 16.9. The molecule has 1 saturated carbocycles. The Labute approximate surface area is 226 Å². The topological polar surface area (TPSA) is 44.8 Å². The van der Waals surface area contributed by atoms with E-state index in [1.807, 2.05) is 0 Å². The first kappa shape index (κ1) is 29.3. The lowest BCUT2D eigenvalue weighted by Gasteiger charge is -2.41. The van der Waals surface area contributed by atoms with E-state index in [4.69, 9.17) is 4.74 Å². The van der Waals surface area contributed by atoms with E-state index in [9.17, 15) is 4.79 Å². The molecule has 1 aromatic rings. The fraction of sp³-hybridized carbons (Fsp3) is 0.767. The molecule has 0 radical (unpaired) electrons. The van der Waals surface area contributed by atoms with Gasteiger partial charge in [-0.3, -0.25) is 9.69 Å². The van der Waals surface area contributed by atoms with Gasteiger partial charge in [-0.1, -0.05) is 46.2 Å². The highest BCUT2D eigenvalue weighted by Crippen LogP contribution is 2.46. The second-order valence-corrected chi connectivity index (χ2v) is 12.2. The molecular formula is C30H50ClN3O2. The molecule has 6 heteroatoms. The Balaban J connectivity index is 0.00000361. The summed E-state index contributed by atoms with van der Waals surface area (Å²) in [6.45, 7) is 16.3. The summed E-state index contributed by atoms with van der Waals surface area (Å²) in [7, 11) is 0. The third-order valence-corrected chi connectivity index (χ3v) is 8.78. The molecule has 204 valence electrons. The minimum Gasteiger partial charge on any atom is -0.381 e. The van der Waals surface area contributed by atoms with Crippen LogP contribution < -0.4 is 10.2 Å². The highest BCUT2D eigenvalue weighted by Gasteiger charge is 2.33. The first-order valence-electron chi connectivity index (χ1n) is 14.4. The molecule has 2 aliphatic heterocycles. The average Bonchev–Trinajstić information content (AvgIpc) is 2.87. The van der Waals surface area contributed by atoms with E-state index in [0.717, 1.165) is 63.7 Å². The summed E-state index contributed by atoms with van der Waals surface area (Å²) in [6, 6.07) is 6.75. The molecule has 1 N–H and O–H groups in total. The van der Waals surface area contributed by atoms with Crippen molar-refractivity contribution in [2.24, 2.45) is 11.3 Å². The maximum absolute atomic E-state index is 13.6. The van der Waals surface area contributed by atoms with Crippen molar-refractivity contribution in [3.05, 3.63) is 29.3 Å². The number of ether oxygens (including phenoxy) is 1. The van der Waals surface area contributed by atoms with Crippen LogP contribution in [0.4, 0.5) is 5.69 Å². The van der Waals surface area contributed by atoms with E-state index < -0.39 is 0 Å². The molecule has 3 aliphatic rings. The molecule has 2 heterocycles. The molecule has 0 aromatic heterocycles. The van der Waals surface area contributed by atoms with Gasteiger partial charge in [0.1, 0.15) is 0 Å². The van der Waals surface area contributed by atoms with Gasteiger partial charge in [0.05, 0.1) is 11.3 Å². The minimum absolute atomic E-state index is 0. The molecule has 0 atom stereocenters. The number of rotatable bonds is 7. The normalized spacial score (nSPS) is 24.3. The highest BCUT2D eigenvalue weighted by molar-refractivity contribution is 6.01. The number of carbonyl (C=O) groups is 1. The second kappa shape index (κ2) is 13.5. The SMILES string of the molecule is CCCCN1CCN(c2c(C(=O)NC3CCOCC3)cccc2C2CCC(C(C)(C)C)CC2)CC1.Cl. The standard InChI is InChI=1S/C30H49N3O2.ClH/c1-5-6-16-32-17-19-33(20-18-32)28-26(23-10-12-24(13-11-23)30(2,3)4)8-7-9-27(28)29(34)31-25-14-21-35-22-15-25;/h7-9,23-25H,5-6,10-22H2,1-4H3,(H,31,34);1H. The van der Waals surface area contributed by atoms with Crippen LogP contribution in [0, 0.1) is 11.3 Å². The van der Waals surface area contributed by atoms with E-state index in [0.29, 0.717) is 11.3 Å². The van der Waals surface area contributed by atoms with Gasteiger partial charge in [-0.2, -0.15) is 0 Å². The molecule has 36 heavy (non-hydrogen) atoms. The number of carbonyl (C=O) groups excluding carboxylic acids is 1. The van der Waals surface area contributed by atoms with Gasteiger partial charge in [0, 0.05) is 45.4 Å². The van der Waals surface area contributed by atoms with Crippen LogP contribution in [0.25, 0.3) is 0 Å². The zero-order valence-corrected chi connectivity index (χ0v) is 24.0. The predicted molar refractivity (Wildman–Crippen MR) is 153 cm³/mol. The molecular weight excluding hydrogens is 470 g/mol. The number of benzene rings is 1. The predicted octanol–water partition coefficient (Wildman–Crippen LogP) is 6.26. The summed E-state index contributed by atoms with van der Waals surface area (Å²) >= 11 is 0. The largest absolute Gasteiger partial charge is 0.381 e. The van der Waals surface area contributed by atoms with Crippen LogP contribution in [-0.4, -0.2) is 62.8 Å². The number of hydrogen-bond acceptors (Lipinski definition) is 4. The van der Waals surface area contributed by atoms with E-state index in [2.05, 4.69) is 61.0 Å². The van der Waals surface area contributed by atoms with Gasteiger partial charge in [0.15, 0.2) is 0 Å². The molecule has 0 unspecified atom stereocenters. The lowest BCUT2D eigenvalue weighted by atomic mass is 9.68. The quantitative estimate of drug-likeness (QED) is 0.461. The molecule has 5 nitrogen and oxygen atoms in total. The molecule has 0 bridgehead atoms. The van der Waals surface area contributed by atoms with Crippen LogP contribution in [0.5, 0.6) is 0 Å². The van der Waals surface area contributed by atoms with Crippen LogP contribution in [0.15, 0.2) is 18.2 Å². The number of hydrogen-bond donors (Lipinski definition) is 1. The summed E-state index contributed by atoms with van der Waals surface area (Å²) in [5.74, 6) is 1.45. The van der Waals surface area contributed by atoms with Crippen molar-refractivity contribution in [1.29, 1.82) is 0 Å². The Kier molecular flexibility index (Phi) is 11.0. The van der Waals surface area contributed by atoms with Gasteiger partial charge >= 0.3 is 0 Å². The average molecular weight is 520 g/mol. The number of piperazine rings is 1. The van der Waals surface area contributed by atoms with Crippen molar-refractivity contribution in [2.75, 3.05) is 50.8 Å². The Morgan fingerprint density at radius 3 is 2.28 bits per heavy atom. The second-order valence-electron chi connectivity index (χ2n) is 12.2. The molecule has 3 fully saturated rings. The molecule has 2 saturated heterocycles. The molecule has 4 rings (SSSR count). The number of para-hydroxylation sites is 1. The zero-order valence-electron chi connectivity index (χ0n) is 23.2. The summed E-state index contributed by atoms with van der Waals surface area (Å²) < 4.78 is 5.51. The van der Waals surface area contributed by atoms with Crippen molar-refractivity contribution in [1.82, 2.24) is 10.2 Å². The number of unbranched alkanes of at least 4 members (excludes halogenated alkanes) is 1. The summed E-state index contributed by atoms with van der Waals surface area (Å²) in [5, 5.41) is 3.35. The highest BCUT2D eigenvalue weighted by atomic mass is 35.5. The van der Waals surface area contributed by atoms with Crippen LogP contribution in [-0.2, 0) is 4.74 Å². The summed E-state index contributed by atoms with van der Waals surface area (Å²) in [5.41, 5.74) is 3.91. The van der Waals surface area contributed by atoms with Crippen molar-refractivity contribution in [2.45, 2.75) is 91.0 Å². The zero-order chi connectivity index (χ0) is 24.8. The van der Waals surface area contributed by atoms with Gasteiger partial charge in [-0.25, -0.2) is 0 Å². The Bertz CT molecular complexity index is 818. The fourth-order valence-electron chi connectivity index (χ4n) is 6.38. The van der Waals surface area contributed by atoms with Gasteiger partial charge in [-0.15, -0.1) is 12.4 Å². The van der Waals surface area contributed by atoms with Crippen LogP contribution >= 0.6 is 12.4 Å². The Morgan fingerprint density at radius 2 is 1.67 bits per heavy atom. The van der Waals surface area contributed by atoms with Gasteiger partial charge in [0.25, 0.3) is 5.91 Å². The van der Waals surface area contributed by atoms with Crippen molar-refractivity contribution < 1.29 is 9.53 Å². The number of nitrogens with one attached hydrogen (secondary N) is 1. The van der Waals surface area contributed by atoms with E-state index in [1.165, 1.54) is 56.3 Å². The van der Waals surface area contributed by atoms with Crippen LogP contribution in [0.3, 0.4) is 0 Å². The third kappa shape index (κ3) is 7.39. The van der Waals surface area contributed by atoms with E-state index >= 15 is 0 Å². The summed E-state index contributed by atoms with van der Waals surface area (Å²) in [4.78, 5) is 18.7. The molecule has 1 aliphatic carbocycles. The number of anilines is 1. The van der Waals surface area contributed by atoms with E-state index in [1.54, 1.807) is 0 Å². The van der Waals surface area contributed by atoms with Crippen LogP contribution in [0.2, 0.25) is 0 Å². The van der Waals surface area contributed by atoms with Gasteiger partial charge in [0.2, 0.25) is 0 Å². The molecule has 0 spiro atoms. The fourth-order valence-corrected chi connectivity index (χ4v) is 6.38. The third-order valence-electron chi connectivity index (χ3n) is 8.78. The monoisotopic (exact) mass is 519 g/mol. The molecule has 1 aromatic carbocycles. The Hall–Kier alpha value is -1.30. The Morgan fingerprint density at radius 1 is 1.00 bits per heavy atom. The number of halogens is 1. The lowest BCUT2D eigenvalue weighted by Crippen LogP contribution is -2.48. The smallest absolute Gasteiger partial charge is 0.253 e. The number of amides is 1. The lowest BCUT2D eigenvalue weighted by molar-refractivity contribution is 0.0696. The van der Waals surface area contributed by atoms with Crippen molar-refractivity contribution in [3.8, 4) is 0 Å². The maximum Gasteiger partial charge on any atom is 0.253 e. The number of nitrogens with zero attached hydrogens (tertiary/aromatic N) is 2. The maximum atomic E-state index is 13.6. The summed E-state index contributed by atoms with van der Waals surface area (Å²) in [6.07, 6.45) is 9.38. The minimum atomic E-state index is 0. The van der Waals surface area contributed by atoms with Crippen molar-refractivity contribution >= 4 is 24.0 Å². The first-order valence-corrected chi connectivity index (χ1v) is 14.4.